The summed E-state index contributed by atoms with van der Waals surface area (Å²) in [5.74, 6) is -0.0301. The minimum absolute atomic E-state index is 0.0381. The first-order valence-corrected chi connectivity index (χ1v) is 6.65. The molecule has 0 aromatic heterocycles. The number of amides is 1. The third-order valence-corrected chi connectivity index (χ3v) is 3.43. The van der Waals surface area contributed by atoms with Crippen LogP contribution in [-0.2, 0) is 14.3 Å². The number of nitrogens with zero attached hydrogens (tertiary/aromatic N) is 1. The zero-order chi connectivity index (χ0) is 12.0. The van der Waals surface area contributed by atoms with Crippen molar-refractivity contribution in [3.05, 3.63) is 0 Å². The molecule has 0 saturated carbocycles. The van der Waals surface area contributed by atoms with E-state index in [1.54, 1.807) is 6.92 Å². The van der Waals surface area contributed by atoms with E-state index in [9.17, 15) is 9.59 Å². The summed E-state index contributed by atoms with van der Waals surface area (Å²) in [7, 11) is 0. The van der Waals surface area contributed by atoms with Gasteiger partial charge in [-0.1, -0.05) is 15.9 Å². The summed E-state index contributed by atoms with van der Waals surface area (Å²) >= 11 is 3.36. The molecule has 1 amide bonds. The van der Waals surface area contributed by atoms with Gasteiger partial charge in [0.15, 0.2) is 0 Å². The molecular weight excluding hydrogens is 274 g/mol. The highest BCUT2D eigenvalue weighted by Crippen LogP contribution is 2.18. The van der Waals surface area contributed by atoms with Crippen molar-refractivity contribution in [2.75, 3.05) is 19.7 Å². The maximum atomic E-state index is 11.7. The van der Waals surface area contributed by atoms with Gasteiger partial charge in [-0.15, -0.1) is 0 Å². The molecular formula is C11H18BrNO3. The zero-order valence-corrected chi connectivity index (χ0v) is 11.2. The van der Waals surface area contributed by atoms with Gasteiger partial charge in [-0.25, -0.2) is 0 Å². The molecule has 5 heteroatoms. The Morgan fingerprint density at radius 3 is 3.06 bits per heavy atom. The van der Waals surface area contributed by atoms with Crippen LogP contribution in [0, 0.1) is 0 Å². The van der Waals surface area contributed by atoms with Crippen molar-refractivity contribution in [2.45, 2.75) is 37.4 Å². The maximum Gasteiger partial charge on any atom is 0.305 e. The van der Waals surface area contributed by atoms with Crippen LogP contribution >= 0.6 is 15.9 Å². The average Bonchev–Trinajstić information content (AvgIpc) is 2.25. The molecule has 0 bridgehead atoms. The second-order valence-electron chi connectivity index (χ2n) is 3.84. The summed E-state index contributed by atoms with van der Waals surface area (Å²) in [5, 5.41) is 0. The van der Waals surface area contributed by atoms with E-state index in [-0.39, 0.29) is 16.7 Å². The zero-order valence-electron chi connectivity index (χ0n) is 9.58. The van der Waals surface area contributed by atoms with Gasteiger partial charge in [-0.2, -0.15) is 0 Å². The second kappa shape index (κ2) is 6.89. The largest absolute Gasteiger partial charge is 0.466 e. The molecule has 0 spiro atoms. The van der Waals surface area contributed by atoms with Crippen molar-refractivity contribution in [1.29, 1.82) is 0 Å². The Morgan fingerprint density at radius 1 is 1.62 bits per heavy atom. The fourth-order valence-electron chi connectivity index (χ4n) is 1.76. The van der Waals surface area contributed by atoms with E-state index in [1.165, 1.54) is 0 Å². The topological polar surface area (TPSA) is 46.6 Å². The van der Waals surface area contributed by atoms with Crippen LogP contribution in [0.25, 0.3) is 0 Å². The maximum absolute atomic E-state index is 11.7. The first-order chi connectivity index (χ1) is 7.65. The summed E-state index contributed by atoms with van der Waals surface area (Å²) in [4.78, 5) is 24.6. The second-order valence-corrected chi connectivity index (χ2v) is 4.95. The molecule has 1 rings (SSSR count). The van der Waals surface area contributed by atoms with Gasteiger partial charge in [0.2, 0.25) is 5.91 Å². The highest BCUT2D eigenvalue weighted by Gasteiger charge is 2.25. The summed E-state index contributed by atoms with van der Waals surface area (Å²) in [6.07, 6.45) is 3.02. The number of likely N-dealkylation sites (tertiary alicyclic amines) is 1. The van der Waals surface area contributed by atoms with Crippen molar-refractivity contribution in [2.24, 2.45) is 0 Å². The number of carbonyl (C=O) groups is 2. The van der Waals surface area contributed by atoms with Gasteiger partial charge in [0.1, 0.15) is 0 Å². The van der Waals surface area contributed by atoms with Crippen LogP contribution in [0.3, 0.4) is 0 Å². The third kappa shape index (κ3) is 4.12. The van der Waals surface area contributed by atoms with Crippen LogP contribution in [0.15, 0.2) is 0 Å². The Balaban J connectivity index is 2.21. The number of piperidine rings is 1. The number of hydrogen-bond acceptors (Lipinski definition) is 3. The molecule has 0 N–H and O–H groups in total. The summed E-state index contributed by atoms with van der Waals surface area (Å²) in [5.41, 5.74) is 0. The van der Waals surface area contributed by atoms with E-state index in [0.29, 0.717) is 26.0 Å². The molecule has 1 saturated heterocycles. The molecule has 0 aliphatic carbocycles. The predicted octanol–water partition coefficient (Wildman–Crippen LogP) is 1.72. The van der Waals surface area contributed by atoms with Gasteiger partial charge in [0.25, 0.3) is 0 Å². The molecule has 0 aromatic carbocycles. The quantitative estimate of drug-likeness (QED) is 0.572. The lowest BCUT2D eigenvalue weighted by Gasteiger charge is -2.29. The number of carbonyl (C=O) groups excluding carboxylic acids is 2. The van der Waals surface area contributed by atoms with Gasteiger partial charge in [0, 0.05) is 19.5 Å². The monoisotopic (exact) mass is 291 g/mol. The Kier molecular flexibility index (Phi) is 5.80. The molecule has 1 heterocycles. The number of ether oxygens (including phenoxy) is 1. The van der Waals surface area contributed by atoms with Gasteiger partial charge < -0.3 is 9.64 Å². The smallest absolute Gasteiger partial charge is 0.305 e. The minimum atomic E-state index is -0.178. The van der Waals surface area contributed by atoms with Gasteiger partial charge in [-0.3, -0.25) is 9.59 Å². The summed E-state index contributed by atoms with van der Waals surface area (Å²) < 4.78 is 4.83. The van der Waals surface area contributed by atoms with Crippen LogP contribution in [0.2, 0.25) is 0 Å². The van der Waals surface area contributed by atoms with Crippen molar-refractivity contribution in [3.8, 4) is 0 Å². The van der Waals surface area contributed by atoms with Crippen LogP contribution in [-0.4, -0.2) is 41.3 Å². The van der Waals surface area contributed by atoms with Crippen molar-refractivity contribution >= 4 is 27.8 Å². The normalized spacial score (nSPS) is 21.0. The highest BCUT2D eigenvalue weighted by molar-refractivity contribution is 9.10. The fraction of sp³-hybridized carbons (Fsp3) is 0.818. The third-order valence-electron chi connectivity index (χ3n) is 2.58. The lowest BCUT2D eigenvalue weighted by molar-refractivity contribution is -0.143. The van der Waals surface area contributed by atoms with Crippen LogP contribution < -0.4 is 0 Å². The Bertz CT molecular complexity index is 258. The van der Waals surface area contributed by atoms with Crippen LogP contribution in [0.5, 0.6) is 0 Å². The lowest BCUT2D eigenvalue weighted by Crippen LogP contribution is -2.42. The first-order valence-electron chi connectivity index (χ1n) is 5.73. The number of halogens is 1. The Labute approximate surface area is 104 Å². The molecule has 1 atom stereocenters. The Morgan fingerprint density at radius 2 is 2.38 bits per heavy atom. The average molecular weight is 292 g/mol. The van der Waals surface area contributed by atoms with E-state index in [0.717, 1.165) is 19.4 Å². The molecule has 1 aliphatic rings. The predicted molar refractivity (Wildman–Crippen MR) is 64.4 cm³/mol. The molecule has 4 nitrogen and oxygen atoms in total. The van der Waals surface area contributed by atoms with Crippen molar-refractivity contribution in [1.82, 2.24) is 4.90 Å². The number of alkyl halides is 1. The molecule has 16 heavy (non-hydrogen) atoms. The molecule has 0 aromatic rings. The van der Waals surface area contributed by atoms with Gasteiger partial charge >= 0.3 is 5.97 Å². The molecule has 1 fully saturated rings. The summed E-state index contributed by atoms with van der Waals surface area (Å²) in [6, 6.07) is 0. The number of esters is 1. The lowest BCUT2D eigenvalue weighted by atomic mass is 10.1. The molecule has 1 unspecified atom stereocenters. The van der Waals surface area contributed by atoms with Crippen LogP contribution in [0.4, 0.5) is 0 Å². The highest BCUT2D eigenvalue weighted by atomic mass is 79.9. The SMILES string of the molecule is CCOC(=O)CCCN1CCCC(Br)C1=O. The summed E-state index contributed by atoms with van der Waals surface area (Å²) in [6.45, 7) is 3.68. The van der Waals surface area contributed by atoms with E-state index < -0.39 is 0 Å². The van der Waals surface area contributed by atoms with Crippen LogP contribution in [0.1, 0.15) is 32.6 Å². The van der Waals surface area contributed by atoms with E-state index in [4.69, 9.17) is 4.74 Å². The van der Waals surface area contributed by atoms with Crippen molar-refractivity contribution in [3.63, 3.8) is 0 Å². The number of rotatable bonds is 5. The molecule has 0 radical (unpaired) electrons. The van der Waals surface area contributed by atoms with E-state index >= 15 is 0 Å². The molecule has 1 aliphatic heterocycles. The van der Waals surface area contributed by atoms with Gasteiger partial charge in [0.05, 0.1) is 11.4 Å². The van der Waals surface area contributed by atoms with E-state index in [2.05, 4.69) is 15.9 Å². The first kappa shape index (κ1) is 13.5. The number of hydrogen-bond donors (Lipinski definition) is 0. The fourth-order valence-corrected chi connectivity index (χ4v) is 2.38. The minimum Gasteiger partial charge on any atom is -0.466 e. The van der Waals surface area contributed by atoms with E-state index in [1.807, 2.05) is 4.90 Å². The van der Waals surface area contributed by atoms with Crippen molar-refractivity contribution < 1.29 is 14.3 Å². The Hall–Kier alpha value is -0.580. The standard InChI is InChI=1S/C11H18BrNO3/c1-2-16-10(14)6-4-8-13-7-3-5-9(12)11(13)15/h9H,2-8H2,1H3. The molecule has 92 valence electrons. The van der Waals surface area contributed by atoms with Gasteiger partial charge in [-0.05, 0) is 26.2 Å².